The first-order valence-corrected chi connectivity index (χ1v) is 22.0. The first-order chi connectivity index (χ1) is 24.1. The molecule has 0 aromatic rings. The molecule has 10 heteroatoms. The van der Waals surface area contributed by atoms with Crippen LogP contribution in [0.25, 0.3) is 0 Å². The predicted molar refractivity (Wildman–Crippen MR) is 203 cm³/mol. The van der Waals surface area contributed by atoms with Gasteiger partial charge in [-0.15, -0.1) is 0 Å². The Labute approximate surface area is 309 Å². The fourth-order valence-corrected chi connectivity index (χ4v) is 10.9. The molecule has 1 amide bonds. The van der Waals surface area contributed by atoms with Gasteiger partial charge in [0.25, 0.3) is 0 Å². The molecule has 2 heterocycles. The lowest BCUT2D eigenvalue weighted by molar-refractivity contribution is -0.162. The minimum absolute atomic E-state index is 0.0744. The number of ether oxygens (including phenoxy) is 3. The lowest BCUT2D eigenvalue weighted by atomic mass is 9.65. The van der Waals surface area contributed by atoms with Crippen molar-refractivity contribution in [2.24, 2.45) is 29.6 Å². The van der Waals surface area contributed by atoms with E-state index in [9.17, 15) is 19.2 Å². The predicted octanol–water partition coefficient (Wildman–Crippen LogP) is 9.55. The van der Waals surface area contributed by atoms with Crippen LogP contribution >= 0.6 is 21.6 Å². The molecule has 2 aliphatic heterocycles. The van der Waals surface area contributed by atoms with E-state index in [2.05, 4.69) is 37.4 Å². The Morgan fingerprint density at radius 3 is 2.50 bits per heavy atom. The van der Waals surface area contributed by atoms with Gasteiger partial charge in [-0.1, -0.05) is 93.2 Å². The Morgan fingerprint density at radius 2 is 1.74 bits per heavy atom. The Hall–Kier alpha value is -1.94. The summed E-state index contributed by atoms with van der Waals surface area (Å²) in [6.07, 6.45) is 20.0. The van der Waals surface area contributed by atoms with Crippen LogP contribution in [0.4, 0.5) is 4.79 Å². The number of hydrogen-bond donors (Lipinski definition) is 1. The van der Waals surface area contributed by atoms with E-state index in [1.165, 1.54) is 30.6 Å². The minimum Gasteiger partial charge on any atom is -0.462 e. The van der Waals surface area contributed by atoms with Gasteiger partial charge in [0.2, 0.25) is 0 Å². The Bertz CT molecular complexity index is 1170. The zero-order valence-corrected chi connectivity index (χ0v) is 32.7. The largest absolute Gasteiger partial charge is 0.462 e. The van der Waals surface area contributed by atoms with Gasteiger partial charge in [-0.3, -0.25) is 14.4 Å². The number of allylic oxidation sites excluding steroid dienone is 3. The molecule has 282 valence electrons. The molecule has 0 spiro atoms. The zero-order valence-electron chi connectivity index (χ0n) is 31.0. The van der Waals surface area contributed by atoms with E-state index < -0.39 is 12.2 Å². The lowest BCUT2D eigenvalue weighted by Gasteiger charge is -2.43. The van der Waals surface area contributed by atoms with E-state index in [-0.39, 0.29) is 48.3 Å². The molecule has 9 atom stereocenters. The highest BCUT2D eigenvalue weighted by atomic mass is 33.1. The number of alkyl carbamates (subject to hydrolysis) is 1. The monoisotopic (exact) mass is 733 g/mol. The fraction of sp³-hybridized carbons (Fsp3) is 0.800. The summed E-state index contributed by atoms with van der Waals surface area (Å²) in [6.45, 7) is 8.85. The average Bonchev–Trinajstić information content (AvgIpc) is 3.60. The molecular formula is C40H63NO7S2. The van der Waals surface area contributed by atoms with Crippen LogP contribution < -0.4 is 5.32 Å². The Morgan fingerprint density at radius 1 is 0.980 bits per heavy atom. The van der Waals surface area contributed by atoms with Gasteiger partial charge in [0.1, 0.15) is 24.1 Å². The molecule has 0 bridgehead atoms. The van der Waals surface area contributed by atoms with Crippen LogP contribution in [0.15, 0.2) is 23.8 Å². The van der Waals surface area contributed by atoms with Crippen LogP contribution in [-0.4, -0.2) is 59.7 Å². The minimum atomic E-state index is -0.502. The van der Waals surface area contributed by atoms with Gasteiger partial charge in [0.15, 0.2) is 0 Å². The van der Waals surface area contributed by atoms with Crippen molar-refractivity contribution in [3.63, 3.8) is 0 Å². The molecule has 2 fully saturated rings. The summed E-state index contributed by atoms with van der Waals surface area (Å²) in [6, 6.07) is 0. The van der Waals surface area contributed by atoms with Gasteiger partial charge in [-0.05, 0) is 81.1 Å². The number of cyclic esters (lactones) is 1. The van der Waals surface area contributed by atoms with Crippen molar-refractivity contribution in [1.29, 1.82) is 0 Å². The van der Waals surface area contributed by atoms with Crippen molar-refractivity contribution in [3.8, 4) is 0 Å². The van der Waals surface area contributed by atoms with E-state index in [0.29, 0.717) is 43.4 Å². The highest BCUT2D eigenvalue weighted by Crippen LogP contribution is 2.45. The van der Waals surface area contributed by atoms with Crippen LogP contribution in [0.5, 0.6) is 0 Å². The molecule has 2 saturated heterocycles. The topological polar surface area (TPSA) is 108 Å². The highest BCUT2D eigenvalue weighted by molar-refractivity contribution is 8.77. The summed E-state index contributed by atoms with van der Waals surface area (Å²) >= 11 is 0. The van der Waals surface area contributed by atoms with Gasteiger partial charge >= 0.3 is 18.0 Å². The second kappa shape index (κ2) is 21.6. The third kappa shape index (κ3) is 13.6. The van der Waals surface area contributed by atoms with Crippen LogP contribution in [0.3, 0.4) is 0 Å². The highest BCUT2D eigenvalue weighted by Gasteiger charge is 2.42. The third-order valence-electron chi connectivity index (χ3n) is 11.1. The van der Waals surface area contributed by atoms with E-state index in [0.717, 1.165) is 69.5 Å². The van der Waals surface area contributed by atoms with Crippen LogP contribution in [0.2, 0.25) is 0 Å². The average molecular weight is 734 g/mol. The maximum Gasteiger partial charge on any atom is 0.407 e. The third-order valence-corrected chi connectivity index (χ3v) is 14.1. The van der Waals surface area contributed by atoms with Crippen LogP contribution in [-0.2, 0) is 28.6 Å². The van der Waals surface area contributed by atoms with Gasteiger partial charge in [0, 0.05) is 42.7 Å². The number of Topliss-reactive ketones (excluding diaryl/α,β-unsaturated/α-hetero) is 1. The lowest BCUT2D eigenvalue weighted by Crippen LogP contribution is -2.42. The van der Waals surface area contributed by atoms with E-state index >= 15 is 0 Å². The molecule has 0 radical (unpaired) electrons. The number of hydrogen-bond acceptors (Lipinski definition) is 9. The number of esters is 2. The molecule has 0 saturated carbocycles. The fourth-order valence-electron chi connectivity index (χ4n) is 7.89. The van der Waals surface area contributed by atoms with Gasteiger partial charge in [-0.2, -0.15) is 0 Å². The molecule has 9 unspecified atom stereocenters. The number of ketones is 1. The molecule has 0 aromatic carbocycles. The number of fused-ring (bicyclic) bond motifs is 1. The molecule has 50 heavy (non-hydrogen) atoms. The van der Waals surface area contributed by atoms with Crippen molar-refractivity contribution in [3.05, 3.63) is 23.8 Å². The summed E-state index contributed by atoms with van der Waals surface area (Å²) in [5, 5.41) is 3.65. The summed E-state index contributed by atoms with van der Waals surface area (Å²) < 4.78 is 17.6. The molecule has 1 N–H and O–H groups in total. The number of nitrogens with one attached hydrogen (secondary N) is 1. The normalized spacial score (nSPS) is 29.8. The number of rotatable bonds is 20. The number of carbonyl (C=O) groups is 4. The van der Waals surface area contributed by atoms with Crippen LogP contribution in [0.1, 0.15) is 137 Å². The summed E-state index contributed by atoms with van der Waals surface area (Å²) in [7, 11) is 4.00. The number of unbranched alkanes of at least 4 members (excludes halogenated alkanes) is 5. The second-order valence-corrected chi connectivity index (χ2v) is 18.1. The first-order valence-electron chi connectivity index (χ1n) is 19.7. The van der Waals surface area contributed by atoms with E-state index in [1.54, 1.807) is 0 Å². The maximum absolute atomic E-state index is 12.8. The van der Waals surface area contributed by atoms with Gasteiger partial charge < -0.3 is 19.5 Å². The molecule has 4 rings (SSSR count). The van der Waals surface area contributed by atoms with Gasteiger partial charge in [0.05, 0.1) is 12.3 Å². The zero-order chi connectivity index (χ0) is 35.9. The van der Waals surface area contributed by atoms with E-state index in [4.69, 9.17) is 14.2 Å². The first kappa shape index (κ1) is 40.8. The Balaban J connectivity index is 1.10. The summed E-state index contributed by atoms with van der Waals surface area (Å²) in [5.74, 6) is 2.11. The molecule has 0 aromatic heterocycles. The molecule has 4 aliphatic rings. The molecule has 2 aliphatic carbocycles. The van der Waals surface area contributed by atoms with Crippen molar-refractivity contribution < 1.29 is 33.4 Å². The second-order valence-electron chi connectivity index (χ2n) is 15.3. The van der Waals surface area contributed by atoms with Gasteiger partial charge in [-0.25, -0.2) is 4.79 Å². The van der Waals surface area contributed by atoms with Crippen molar-refractivity contribution in [1.82, 2.24) is 5.32 Å². The quantitative estimate of drug-likeness (QED) is 0.0567. The summed E-state index contributed by atoms with van der Waals surface area (Å²) in [4.78, 5) is 50.1. The maximum atomic E-state index is 12.8. The Kier molecular flexibility index (Phi) is 17.6. The van der Waals surface area contributed by atoms with E-state index in [1.807, 2.05) is 35.4 Å². The van der Waals surface area contributed by atoms with Crippen molar-refractivity contribution in [2.45, 2.75) is 160 Å². The number of amides is 1. The molecule has 8 nitrogen and oxygen atoms in total. The molecular weight excluding hydrogens is 671 g/mol. The SMILES string of the molecule is CCC(C)C(=O)OC1CC(C)C=C2C=CC(C)C(CCC3CC(OC(=O)NCCCCCCCC(=O)CCCCC4CCSS4)CC(=O)O3)C21. The van der Waals surface area contributed by atoms with Crippen molar-refractivity contribution >= 4 is 45.4 Å². The summed E-state index contributed by atoms with van der Waals surface area (Å²) in [5.41, 5.74) is 1.25. The smallest absolute Gasteiger partial charge is 0.407 e. The standard InChI is InChI=1S/C40H63NO7S2/c1-5-28(3)39(44)48-36-24-27(2)23-30-17-16-29(4)35(38(30)36)19-18-32-25-33(26-37(43)46-32)47-40(45)41-21-12-8-6-7-9-13-31(42)14-10-11-15-34-20-22-49-50-34/h16-17,23,27-29,32-36,38H,5-15,18-22,24-26H2,1-4H3,(H,41,45). The van der Waals surface area contributed by atoms with Crippen molar-refractivity contribution in [2.75, 3.05) is 12.3 Å². The number of carbonyl (C=O) groups excluding carboxylic acids is 4. The van der Waals surface area contributed by atoms with Crippen LogP contribution in [0, 0.1) is 29.6 Å².